The van der Waals surface area contributed by atoms with E-state index < -0.39 is 0 Å². The summed E-state index contributed by atoms with van der Waals surface area (Å²) in [6, 6.07) is 1.74. The molecule has 0 radical (unpaired) electrons. The summed E-state index contributed by atoms with van der Waals surface area (Å²) < 4.78 is 6.36. The standard InChI is InChI=1S/C10H6BrCl2NO/c11-5-3-6(12)8-9(7(5)13)15-10(14-8)4-1-2-4/h3-4H,1-2H2. The number of hydrogen-bond donors (Lipinski definition) is 0. The molecule has 78 valence electrons. The van der Waals surface area contributed by atoms with Crippen molar-refractivity contribution < 1.29 is 4.42 Å². The van der Waals surface area contributed by atoms with Crippen molar-refractivity contribution in [3.8, 4) is 0 Å². The summed E-state index contributed by atoms with van der Waals surface area (Å²) in [5, 5.41) is 1.10. The minimum Gasteiger partial charge on any atom is -0.439 e. The van der Waals surface area contributed by atoms with Gasteiger partial charge < -0.3 is 4.42 Å². The number of rotatable bonds is 1. The van der Waals surface area contributed by atoms with E-state index >= 15 is 0 Å². The predicted molar refractivity (Wildman–Crippen MR) is 63.7 cm³/mol. The molecule has 1 saturated carbocycles. The molecule has 1 heterocycles. The number of oxazole rings is 1. The number of hydrogen-bond acceptors (Lipinski definition) is 2. The lowest BCUT2D eigenvalue weighted by Crippen LogP contribution is -1.77. The van der Waals surface area contributed by atoms with Gasteiger partial charge >= 0.3 is 0 Å². The molecular formula is C10H6BrCl2NO. The van der Waals surface area contributed by atoms with Crippen molar-refractivity contribution in [2.45, 2.75) is 18.8 Å². The number of halogens is 3. The van der Waals surface area contributed by atoms with Crippen LogP contribution in [0.1, 0.15) is 24.7 Å². The Balaban J connectivity index is 2.32. The number of benzene rings is 1. The molecule has 0 amide bonds. The molecule has 2 aromatic rings. The maximum absolute atomic E-state index is 6.10. The normalized spacial score (nSPS) is 16.2. The highest BCUT2D eigenvalue weighted by atomic mass is 79.9. The van der Waals surface area contributed by atoms with Crippen LogP contribution in [0.25, 0.3) is 11.1 Å². The van der Waals surface area contributed by atoms with Crippen LogP contribution in [0.15, 0.2) is 15.0 Å². The molecule has 1 aliphatic carbocycles. The molecule has 0 aliphatic heterocycles. The predicted octanol–water partition coefficient (Wildman–Crippen LogP) is 4.77. The molecular weight excluding hydrogens is 301 g/mol. The van der Waals surface area contributed by atoms with E-state index in [-0.39, 0.29) is 0 Å². The minimum atomic E-state index is 0.461. The van der Waals surface area contributed by atoms with Gasteiger partial charge in [-0.05, 0) is 34.8 Å². The highest BCUT2D eigenvalue weighted by molar-refractivity contribution is 9.10. The van der Waals surface area contributed by atoms with Crippen LogP contribution >= 0.6 is 39.1 Å². The first-order valence-electron chi connectivity index (χ1n) is 4.60. The zero-order valence-corrected chi connectivity index (χ0v) is 10.7. The van der Waals surface area contributed by atoms with Gasteiger partial charge in [0.15, 0.2) is 11.5 Å². The summed E-state index contributed by atoms with van der Waals surface area (Å²) >= 11 is 15.5. The first-order valence-corrected chi connectivity index (χ1v) is 6.15. The topological polar surface area (TPSA) is 26.0 Å². The molecule has 1 aromatic carbocycles. The van der Waals surface area contributed by atoms with Crippen LogP contribution in [0.3, 0.4) is 0 Å². The minimum absolute atomic E-state index is 0.461. The molecule has 0 saturated heterocycles. The zero-order valence-electron chi connectivity index (χ0n) is 7.56. The monoisotopic (exact) mass is 305 g/mol. The maximum Gasteiger partial charge on any atom is 0.198 e. The van der Waals surface area contributed by atoms with Crippen LogP contribution in [0.2, 0.25) is 10.0 Å². The second-order valence-electron chi connectivity index (χ2n) is 3.66. The Morgan fingerprint density at radius 1 is 1.40 bits per heavy atom. The fourth-order valence-electron chi connectivity index (χ4n) is 1.50. The van der Waals surface area contributed by atoms with Crippen LogP contribution in [0, 0.1) is 0 Å². The fraction of sp³-hybridized carbons (Fsp3) is 0.300. The summed E-state index contributed by atoms with van der Waals surface area (Å²) in [7, 11) is 0. The van der Waals surface area contributed by atoms with Gasteiger partial charge in [0, 0.05) is 10.4 Å². The molecule has 5 heteroatoms. The average molecular weight is 307 g/mol. The fourth-order valence-corrected chi connectivity index (χ4v) is 2.46. The van der Waals surface area contributed by atoms with Crippen molar-refractivity contribution in [3.05, 3.63) is 26.5 Å². The molecule has 2 nitrogen and oxygen atoms in total. The maximum atomic E-state index is 6.10. The molecule has 0 spiro atoms. The summed E-state index contributed by atoms with van der Waals surface area (Å²) in [4.78, 5) is 4.37. The molecule has 1 fully saturated rings. The molecule has 3 rings (SSSR count). The molecule has 1 aromatic heterocycles. The van der Waals surface area contributed by atoms with Crippen molar-refractivity contribution >= 4 is 50.2 Å². The molecule has 0 N–H and O–H groups in total. The first kappa shape index (κ1) is 9.94. The molecule has 0 atom stereocenters. The third kappa shape index (κ3) is 1.57. The summed E-state index contributed by atoms with van der Waals surface area (Å²) in [5.74, 6) is 1.22. The highest BCUT2D eigenvalue weighted by Gasteiger charge is 2.30. The van der Waals surface area contributed by atoms with E-state index in [2.05, 4.69) is 20.9 Å². The van der Waals surface area contributed by atoms with Crippen LogP contribution in [-0.2, 0) is 0 Å². The van der Waals surface area contributed by atoms with E-state index in [4.69, 9.17) is 27.6 Å². The molecule has 15 heavy (non-hydrogen) atoms. The Bertz CT molecular complexity index is 548. The Kier molecular flexibility index (Phi) is 2.23. The van der Waals surface area contributed by atoms with Crippen LogP contribution < -0.4 is 0 Å². The van der Waals surface area contributed by atoms with E-state index in [1.165, 1.54) is 0 Å². The van der Waals surface area contributed by atoms with E-state index in [1.807, 2.05) is 0 Å². The SMILES string of the molecule is Clc1cc(Br)c(Cl)c2oc(C3CC3)nc12. The van der Waals surface area contributed by atoms with Crippen LogP contribution in [0.4, 0.5) is 0 Å². The second kappa shape index (κ2) is 3.37. The van der Waals surface area contributed by atoms with E-state index in [0.717, 1.165) is 23.2 Å². The first-order chi connectivity index (χ1) is 7.16. The van der Waals surface area contributed by atoms with Gasteiger partial charge in [-0.1, -0.05) is 23.2 Å². The summed E-state index contributed by atoms with van der Waals surface area (Å²) in [6.45, 7) is 0. The third-order valence-corrected chi connectivity index (χ3v) is 3.98. The molecule has 1 aliphatic rings. The van der Waals surface area contributed by atoms with Crippen LogP contribution in [-0.4, -0.2) is 4.98 Å². The van der Waals surface area contributed by atoms with Gasteiger partial charge in [-0.2, -0.15) is 0 Å². The Morgan fingerprint density at radius 3 is 2.80 bits per heavy atom. The number of fused-ring (bicyclic) bond motifs is 1. The van der Waals surface area contributed by atoms with Gasteiger partial charge in [0.05, 0.1) is 10.0 Å². The molecule has 0 bridgehead atoms. The highest BCUT2D eigenvalue weighted by Crippen LogP contribution is 2.43. The van der Waals surface area contributed by atoms with Crippen molar-refractivity contribution in [1.29, 1.82) is 0 Å². The van der Waals surface area contributed by atoms with Crippen molar-refractivity contribution in [2.24, 2.45) is 0 Å². The van der Waals surface area contributed by atoms with Crippen molar-refractivity contribution in [3.63, 3.8) is 0 Å². The third-order valence-electron chi connectivity index (χ3n) is 2.46. The summed E-state index contributed by atoms with van der Waals surface area (Å²) in [6.07, 6.45) is 2.28. The quantitative estimate of drug-likeness (QED) is 0.709. The van der Waals surface area contributed by atoms with E-state index in [0.29, 0.717) is 27.1 Å². The van der Waals surface area contributed by atoms with Crippen molar-refractivity contribution in [1.82, 2.24) is 4.98 Å². The molecule has 0 unspecified atom stereocenters. The summed E-state index contributed by atoms with van der Waals surface area (Å²) in [5.41, 5.74) is 1.24. The number of aromatic nitrogens is 1. The second-order valence-corrected chi connectivity index (χ2v) is 5.30. The van der Waals surface area contributed by atoms with Crippen molar-refractivity contribution in [2.75, 3.05) is 0 Å². The lowest BCUT2D eigenvalue weighted by Gasteiger charge is -1.96. The zero-order chi connectivity index (χ0) is 10.6. The van der Waals surface area contributed by atoms with Crippen LogP contribution in [0.5, 0.6) is 0 Å². The number of nitrogens with zero attached hydrogens (tertiary/aromatic N) is 1. The van der Waals surface area contributed by atoms with Gasteiger partial charge in [0.1, 0.15) is 5.52 Å². The largest absolute Gasteiger partial charge is 0.439 e. The van der Waals surface area contributed by atoms with Gasteiger partial charge in [-0.3, -0.25) is 0 Å². The Morgan fingerprint density at radius 2 is 2.13 bits per heavy atom. The van der Waals surface area contributed by atoms with Gasteiger partial charge in [-0.15, -0.1) is 0 Å². The Hall–Kier alpha value is -0.250. The van der Waals surface area contributed by atoms with Gasteiger partial charge in [0.25, 0.3) is 0 Å². The van der Waals surface area contributed by atoms with E-state index in [1.54, 1.807) is 6.07 Å². The average Bonchev–Trinajstić information content (AvgIpc) is 2.94. The van der Waals surface area contributed by atoms with E-state index in [9.17, 15) is 0 Å². The lowest BCUT2D eigenvalue weighted by molar-refractivity contribution is 0.533. The van der Waals surface area contributed by atoms with Gasteiger partial charge in [-0.25, -0.2) is 4.98 Å². The van der Waals surface area contributed by atoms with Gasteiger partial charge in [0.2, 0.25) is 0 Å². The Labute approximate surface area is 105 Å². The lowest BCUT2D eigenvalue weighted by atomic mass is 10.3. The smallest absolute Gasteiger partial charge is 0.198 e.